The zero-order valence-corrected chi connectivity index (χ0v) is 22.5. The van der Waals surface area contributed by atoms with E-state index in [-0.39, 0.29) is 12.1 Å². The number of nitriles is 1. The summed E-state index contributed by atoms with van der Waals surface area (Å²) in [5.41, 5.74) is 2.19. The van der Waals surface area contributed by atoms with E-state index >= 15 is 0 Å². The van der Waals surface area contributed by atoms with Gasteiger partial charge in [0.15, 0.2) is 0 Å². The van der Waals surface area contributed by atoms with Crippen LogP contribution in [-0.4, -0.2) is 36.7 Å². The maximum Gasteiger partial charge on any atom is 0.407 e. The summed E-state index contributed by atoms with van der Waals surface area (Å²) in [6.45, 7) is 5.37. The summed E-state index contributed by atoms with van der Waals surface area (Å²) < 4.78 is 7.01. The molecule has 0 aliphatic rings. The fourth-order valence-electron chi connectivity index (χ4n) is 4.15. The Kier molecular flexibility index (Phi) is 6.38. The Morgan fingerprint density at radius 1 is 1.24 bits per heavy atom. The molecule has 192 valence electrons. The second-order valence-corrected chi connectivity index (χ2v) is 11.0. The van der Waals surface area contributed by atoms with Crippen molar-refractivity contribution in [3.05, 3.63) is 63.3 Å². The first-order valence-corrected chi connectivity index (χ1v) is 12.7. The highest BCUT2D eigenvalue weighted by Gasteiger charge is 2.23. The highest BCUT2D eigenvalue weighted by atomic mass is 35.5. The third-order valence-corrected chi connectivity index (χ3v) is 7.08. The van der Waals surface area contributed by atoms with E-state index in [1.54, 1.807) is 57.0 Å². The zero-order chi connectivity index (χ0) is 27.2. The summed E-state index contributed by atoms with van der Waals surface area (Å²) >= 11 is 7.53. The molecule has 0 bridgehead atoms. The lowest BCUT2D eigenvalue weighted by Crippen LogP contribution is -2.32. The topological polar surface area (TPSA) is 139 Å². The first kappa shape index (κ1) is 25.4. The fourth-order valence-corrected chi connectivity index (χ4v) is 5.47. The fraction of sp³-hybridized carbons (Fsp3) is 0.231. The summed E-state index contributed by atoms with van der Waals surface area (Å²) in [6.07, 6.45) is 2.67. The minimum atomic E-state index is -0.649. The summed E-state index contributed by atoms with van der Waals surface area (Å²) in [5.74, 6) is 0. The number of nitrogens with zero attached hydrogens (tertiary/aromatic N) is 5. The number of nitrogens with one attached hydrogen (secondary N) is 2. The first-order chi connectivity index (χ1) is 18.1. The van der Waals surface area contributed by atoms with Crippen molar-refractivity contribution in [2.45, 2.75) is 32.9 Å². The molecule has 1 amide bonds. The van der Waals surface area contributed by atoms with Crippen molar-refractivity contribution in [1.29, 1.82) is 5.26 Å². The molecule has 0 unspecified atom stereocenters. The number of hydrogen-bond donors (Lipinski definition) is 2. The monoisotopic (exact) mass is 547 g/mol. The molecule has 5 rings (SSSR count). The molecule has 2 N–H and O–H groups in total. The molecule has 0 radical (unpaired) electrons. The van der Waals surface area contributed by atoms with E-state index < -0.39 is 11.7 Å². The van der Waals surface area contributed by atoms with Crippen LogP contribution >= 0.6 is 22.9 Å². The average Bonchev–Trinajstić information content (AvgIpc) is 3.41. The van der Waals surface area contributed by atoms with Gasteiger partial charge >= 0.3 is 6.09 Å². The van der Waals surface area contributed by atoms with Crippen LogP contribution in [0.15, 0.2) is 41.5 Å². The van der Waals surface area contributed by atoms with Crippen LogP contribution in [0.4, 0.5) is 4.79 Å². The predicted octanol–water partition coefficient (Wildman–Crippen LogP) is 5.15. The van der Waals surface area contributed by atoms with Crippen molar-refractivity contribution in [3.8, 4) is 27.8 Å². The van der Waals surface area contributed by atoms with Gasteiger partial charge in [-0.2, -0.15) is 15.5 Å². The van der Waals surface area contributed by atoms with Gasteiger partial charge in [-0.15, -0.1) is 11.3 Å². The quantitative estimate of drug-likeness (QED) is 0.317. The number of thiophene rings is 1. The van der Waals surface area contributed by atoms with Crippen molar-refractivity contribution >= 4 is 50.0 Å². The number of ether oxygens (including phenoxy) is 1. The van der Waals surface area contributed by atoms with Crippen molar-refractivity contribution in [2.75, 3.05) is 0 Å². The SMILES string of the molecule is Cn1ncc(-c2ccc3c(=O)[nH]nc(CNC(=O)OC(C)(C)C)c3c2)c1-c1sc2ncc(Cl)cc2c1C#N. The second-order valence-electron chi connectivity index (χ2n) is 9.57. The number of fused-ring (bicyclic) bond motifs is 2. The third kappa shape index (κ3) is 4.71. The number of hydrogen-bond acceptors (Lipinski definition) is 8. The van der Waals surface area contributed by atoms with E-state index in [1.807, 2.05) is 12.1 Å². The van der Waals surface area contributed by atoms with Gasteiger partial charge in [0.1, 0.15) is 16.5 Å². The van der Waals surface area contributed by atoms with Gasteiger partial charge in [0.2, 0.25) is 0 Å². The number of pyridine rings is 1. The van der Waals surface area contributed by atoms with Gasteiger partial charge in [-0.1, -0.05) is 17.7 Å². The molecule has 4 aromatic heterocycles. The number of carbonyl (C=O) groups excluding carboxylic acids is 1. The Labute approximate surface area is 225 Å². The number of halogens is 1. The predicted molar refractivity (Wildman–Crippen MR) is 146 cm³/mol. The molecule has 0 fully saturated rings. The molecule has 5 aromatic rings. The number of aromatic amines is 1. The van der Waals surface area contributed by atoms with Gasteiger partial charge in [0.05, 0.1) is 45.0 Å². The lowest BCUT2D eigenvalue weighted by Gasteiger charge is -2.19. The van der Waals surface area contributed by atoms with Gasteiger partial charge in [0.25, 0.3) is 5.56 Å². The molecule has 1 aromatic carbocycles. The molecular weight excluding hydrogens is 526 g/mol. The Morgan fingerprint density at radius 3 is 2.76 bits per heavy atom. The number of rotatable bonds is 4. The van der Waals surface area contributed by atoms with Gasteiger partial charge in [0, 0.05) is 29.6 Å². The molecule has 4 heterocycles. The van der Waals surface area contributed by atoms with Crippen LogP contribution in [0.25, 0.3) is 42.7 Å². The number of amides is 1. The number of aryl methyl sites for hydroxylation is 1. The third-order valence-electron chi connectivity index (χ3n) is 5.76. The summed E-state index contributed by atoms with van der Waals surface area (Å²) in [6, 6.07) is 9.38. The van der Waals surface area contributed by atoms with Crippen LogP contribution in [0.2, 0.25) is 5.02 Å². The largest absolute Gasteiger partial charge is 0.444 e. The normalized spacial score (nSPS) is 11.6. The highest BCUT2D eigenvalue weighted by molar-refractivity contribution is 7.22. The molecule has 0 atom stereocenters. The second kappa shape index (κ2) is 9.55. The molecule has 0 saturated carbocycles. The van der Waals surface area contributed by atoms with E-state index in [4.69, 9.17) is 16.3 Å². The van der Waals surface area contributed by atoms with Gasteiger partial charge < -0.3 is 10.1 Å². The van der Waals surface area contributed by atoms with E-state index in [2.05, 4.69) is 31.7 Å². The van der Waals surface area contributed by atoms with Crippen LogP contribution < -0.4 is 10.9 Å². The lowest BCUT2D eigenvalue weighted by atomic mass is 10.00. The van der Waals surface area contributed by atoms with Crippen LogP contribution in [-0.2, 0) is 18.3 Å². The lowest BCUT2D eigenvalue weighted by molar-refractivity contribution is 0.0523. The molecule has 12 heteroatoms. The van der Waals surface area contributed by atoms with E-state index in [9.17, 15) is 14.9 Å². The Hall–Kier alpha value is -4.27. The van der Waals surface area contributed by atoms with Crippen LogP contribution in [0.5, 0.6) is 0 Å². The minimum Gasteiger partial charge on any atom is -0.444 e. The molecule has 0 aliphatic heterocycles. The number of aromatic nitrogens is 5. The maximum atomic E-state index is 12.5. The molecule has 0 saturated heterocycles. The van der Waals surface area contributed by atoms with Gasteiger partial charge in [-0.25, -0.2) is 14.9 Å². The zero-order valence-electron chi connectivity index (χ0n) is 20.9. The van der Waals surface area contributed by atoms with Crippen molar-refractivity contribution in [3.63, 3.8) is 0 Å². The standard InChI is InChI=1S/C26H22ClN7O3S/c1-26(2,3)37-25(36)30-12-20-16-7-13(5-6-15(16)23(35)33-32-20)19-11-31-34(4)21(19)22-18(9-28)17-8-14(27)10-29-24(17)38-22/h5-8,10-11H,12H2,1-4H3,(H,30,36)(H,33,35). The number of benzene rings is 1. The minimum absolute atomic E-state index is 0.0485. The highest BCUT2D eigenvalue weighted by Crippen LogP contribution is 2.42. The molecule has 10 nitrogen and oxygen atoms in total. The Bertz CT molecular complexity index is 1830. The number of carbonyl (C=O) groups is 1. The summed E-state index contributed by atoms with van der Waals surface area (Å²) in [7, 11) is 1.80. The van der Waals surface area contributed by atoms with Crippen molar-refractivity contribution in [1.82, 2.24) is 30.3 Å². The number of H-pyrrole nitrogens is 1. The van der Waals surface area contributed by atoms with Crippen molar-refractivity contribution < 1.29 is 9.53 Å². The Morgan fingerprint density at radius 2 is 2.03 bits per heavy atom. The smallest absolute Gasteiger partial charge is 0.407 e. The van der Waals surface area contributed by atoms with Gasteiger partial charge in [-0.3, -0.25) is 9.48 Å². The average molecular weight is 548 g/mol. The van der Waals surface area contributed by atoms with E-state index in [0.29, 0.717) is 42.1 Å². The van der Waals surface area contributed by atoms with Crippen molar-refractivity contribution in [2.24, 2.45) is 7.05 Å². The van der Waals surface area contributed by atoms with Crippen LogP contribution in [0.3, 0.4) is 0 Å². The summed E-state index contributed by atoms with van der Waals surface area (Å²) in [4.78, 5) is 30.5. The molecule has 0 spiro atoms. The molecule has 0 aliphatic carbocycles. The van der Waals surface area contributed by atoms with Gasteiger partial charge in [-0.05, 0) is 44.5 Å². The number of alkyl carbamates (subject to hydrolysis) is 1. The first-order valence-electron chi connectivity index (χ1n) is 11.5. The molecule has 38 heavy (non-hydrogen) atoms. The summed E-state index contributed by atoms with van der Waals surface area (Å²) in [5, 5.41) is 25.9. The van der Waals surface area contributed by atoms with E-state index in [0.717, 1.165) is 16.8 Å². The van der Waals surface area contributed by atoms with Crippen LogP contribution in [0.1, 0.15) is 32.0 Å². The van der Waals surface area contributed by atoms with E-state index in [1.165, 1.54) is 11.3 Å². The van der Waals surface area contributed by atoms with Crippen LogP contribution in [0, 0.1) is 11.3 Å². The molecular formula is C26H22ClN7O3S. The Balaban J connectivity index is 1.61. The maximum absolute atomic E-state index is 12.5.